The molecule has 1 aromatic heterocycles. The third-order valence-electron chi connectivity index (χ3n) is 2.75. The highest BCUT2D eigenvalue weighted by molar-refractivity contribution is 6.03. The monoisotopic (exact) mass is 259 g/mol. The van der Waals surface area contributed by atoms with E-state index in [1.54, 1.807) is 30.5 Å². The number of nitrogens with two attached hydrogens (primary N) is 1. The summed E-state index contributed by atoms with van der Waals surface area (Å²) in [4.78, 5) is 14.7. The smallest absolute Gasteiger partial charge is 0.272 e. The highest BCUT2D eigenvalue weighted by Gasteiger charge is 2.13. The lowest BCUT2D eigenvalue weighted by Crippen LogP contribution is -2.16. The van der Waals surface area contributed by atoms with Crippen LogP contribution in [-0.4, -0.2) is 24.1 Å². The van der Waals surface area contributed by atoms with Crippen LogP contribution in [0.15, 0.2) is 30.5 Å². The van der Waals surface area contributed by atoms with E-state index in [1.165, 1.54) is 0 Å². The molecule has 1 aliphatic heterocycles. The average Bonchev–Trinajstić information content (AvgIpc) is 2.85. The van der Waals surface area contributed by atoms with Crippen LogP contribution in [0.4, 0.5) is 11.4 Å². The molecule has 0 spiro atoms. The van der Waals surface area contributed by atoms with Gasteiger partial charge >= 0.3 is 0 Å². The van der Waals surface area contributed by atoms with Crippen molar-refractivity contribution < 1.29 is 14.3 Å². The Bertz CT molecular complexity index is 621. The largest absolute Gasteiger partial charge is 0.486 e. The van der Waals surface area contributed by atoms with Gasteiger partial charge in [0.1, 0.15) is 18.9 Å². The number of H-pyrrole nitrogens is 1. The number of fused-ring (bicyclic) bond motifs is 1. The fourth-order valence-corrected chi connectivity index (χ4v) is 1.86. The van der Waals surface area contributed by atoms with Crippen LogP contribution in [0.1, 0.15) is 10.5 Å². The summed E-state index contributed by atoms with van der Waals surface area (Å²) in [7, 11) is 0. The fourth-order valence-electron chi connectivity index (χ4n) is 1.86. The molecule has 0 atom stereocenters. The minimum Gasteiger partial charge on any atom is -0.486 e. The van der Waals surface area contributed by atoms with E-state index in [0.717, 1.165) is 0 Å². The van der Waals surface area contributed by atoms with Crippen molar-refractivity contribution in [3.05, 3.63) is 36.2 Å². The summed E-state index contributed by atoms with van der Waals surface area (Å²) in [6.07, 6.45) is 1.57. The molecule has 0 bridgehead atoms. The maximum Gasteiger partial charge on any atom is 0.272 e. The van der Waals surface area contributed by atoms with Gasteiger partial charge in [0.2, 0.25) is 0 Å². The molecule has 1 aromatic carbocycles. The van der Waals surface area contributed by atoms with Gasteiger partial charge in [0, 0.05) is 23.6 Å². The minimum atomic E-state index is -0.256. The van der Waals surface area contributed by atoms with Gasteiger partial charge in [-0.1, -0.05) is 0 Å². The number of nitrogens with one attached hydrogen (secondary N) is 2. The summed E-state index contributed by atoms with van der Waals surface area (Å²) in [5.41, 5.74) is 7.12. The third kappa shape index (κ3) is 2.33. The standard InChI is InChI=1S/C13H13N3O3/c14-8-5-10(15-7-8)13(17)16-9-1-2-11-12(6-9)19-4-3-18-11/h1-2,5-7,15H,3-4,14H2,(H,16,17). The van der Waals surface area contributed by atoms with Crippen LogP contribution in [-0.2, 0) is 0 Å². The summed E-state index contributed by atoms with van der Waals surface area (Å²) in [6.45, 7) is 1.05. The van der Waals surface area contributed by atoms with Crippen LogP contribution >= 0.6 is 0 Å². The first-order valence-corrected chi connectivity index (χ1v) is 5.87. The van der Waals surface area contributed by atoms with Crippen LogP contribution in [0, 0.1) is 0 Å². The Kier molecular flexibility index (Phi) is 2.75. The van der Waals surface area contributed by atoms with E-state index in [9.17, 15) is 4.79 Å². The zero-order valence-corrected chi connectivity index (χ0v) is 10.1. The van der Waals surface area contributed by atoms with Crippen LogP contribution in [0.2, 0.25) is 0 Å². The Morgan fingerprint density at radius 2 is 2.00 bits per heavy atom. The minimum absolute atomic E-state index is 0.256. The number of amides is 1. The lowest BCUT2D eigenvalue weighted by atomic mass is 10.2. The molecule has 4 N–H and O–H groups in total. The van der Waals surface area contributed by atoms with Gasteiger partial charge in [-0.3, -0.25) is 4.79 Å². The van der Waals surface area contributed by atoms with Gasteiger partial charge in [0.15, 0.2) is 11.5 Å². The molecule has 0 unspecified atom stereocenters. The number of carbonyl (C=O) groups excluding carboxylic acids is 1. The zero-order chi connectivity index (χ0) is 13.2. The zero-order valence-electron chi connectivity index (χ0n) is 10.1. The Hall–Kier alpha value is -2.63. The number of nitrogen functional groups attached to an aromatic ring is 1. The molecule has 6 heteroatoms. The molecular weight excluding hydrogens is 246 g/mol. The van der Waals surface area contributed by atoms with E-state index in [4.69, 9.17) is 15.2 Å². The van der Waals surface area contributed by atoms with E-state index in [2.05, 4.69) is 10.3 Å². The van der Waals surface area contributed by atoms with Crippen molar-refractivity contribution in [1.29, 1.82) is 0 Å². The molecule has 0 saturated heterocycles. The molecule has 0 saturated carbocycles. The van der Waals surface area contributed by atoms with Crippen molar-refractivity contribution in [3.63, 3.8) is 0 Å². The van der Waals surface area contributed by atoms with Crippen molar-refractivity contribution in [3.8, 4) is 11.5 Å². The van der Waals surface area contributed by atoms with Gasteiger partial charge in [0.05, 0.1) is 0 Å². The highest BCUT2D eigenvalue weighted by Crippen LogP contribution is 2.32. The van der Waals surface area contributed by atoms with Gasteiger partial charge in [-0.2, -0.15) is 0 Å². The molecule has 0 aliphatic carbocycles. The van der Waals surface area contributed by atoms with E-state index in [-0.39, 0.29) is 5.91 Å². The first kappa shape index (κ1) is 11.5. The maximum atomic E-state index is 11.9. The summed E-state index contributed by atoms with van der Waals surface area (Å²) >= 11 is 0. The number of carbonyl (C=O) groups is 1. The van der Waals surface area contributed by atoms with Crippen molar-refractivity contribution in [2.45, 2.75) is 0 Å². The van der Waals surface area contributed by atoms with Crippen molar-refractivity contribution in [1.82, 2.24) is 4.98 Å². The number of benzene rings is 1. The average molecular weight is 259 g/mol. The number of ether oxygens (including phenoxy) is 2. The molecule has 19 heavy (non-hydrogen) atoms. The van der Waals surface area contributed by atoms with Crippen LogP contribution in [0.25, 0.3) is 0 Å². The third-order valence-corrected chi connectivity index (χ3v) is 2.75. The van der Waals surface area contributed by atoms with E-state index in [0.29, 0.717) is 41.8 Å². The normalized spacial score (nSPS) is 13.1. The van der Waals surface area contributed by atoms with Crippen LogP contribution in [0.3, 0.4) is 0 Å². The lowest BCUT2D eigenvalue weighted by Gasteiger charge is -2.18. The number of aromatic amines is 1. The fraction of sp³-hybridized carbons (Fsp3) is 0.154. The van der Waals surface area contributed by atoms with Crippen molar-refractivity contribution >= 4 is 17.3 Å². The van der Waals surface area contributed by atoms with Crippen molar-refractivity contribution in [2.24, 2.45) is 0 Å². The van der Waals surface area contributed by atoms with E-state index < -0.39 is 0 Å². The molecule has 6 nitrogen and oxygen atoms in total. The molecule has 1 amide bonds. The van der Waals surface area contributed by atoms with Gasteiger partial charge in [-0.05, 0) is 18.2 Å². The summed E-state index contributed by atoms with van der Waals surface area (Å²) in [6, 6.07) is 6.84. The molecule has 2 aromatic rings. The molecule has 0 radical (unpaired) electrons. The molecule has 2 heterocycles. The topological polar surface area (TPSA) is 89.4 Å². The summed E-state index contributed by atoms with van der Waals surface area (Å²) in [5.74, 6) is 1.07. The number of aromatic nitrogens is 1. The van der Waals surface area contributed by atoms with Gasteiger partial charge in [-0.15, -0.1) is 0 Å². The summed E-state index contributed by atoms with van der Waals surface area (Å²) < 4.78 is 10.9. The predicted molar refractivity (Wildman–Crippen MR) is 70.6 cm³/mol. The SMILES string of the molecule is Nc1c[nH]c(C(=O)Nc2ccc3c(c2)OCCO3)c1. The Balaban J connectivity index is 1.78. The Morgan fingerprint density at radius 3 is 2.74 bits per heavy atom. The van der Waals surface area contributed by atoms with Gasteiger partial charge in [-0.25, -0.2) is 0 Å². The van der Waals surface area contributed by atoms with E-state index >= 15 is 0 Å². The highest BCUT2D eigenvalue weighted by atomic mass is 16.6. The number of rotatable bonds is 2. The molecule has 3 rings (SSSR count). The Morgan fingerprint density at radius 1 is 1.21 bits per heavy atom. The first-order chi connectivity index (χ1) is 9.22. The second-order valence-electron chi connectivity index (χ2n) is 4.16. The van der Waals surface area contributed by atoms with Crippen LogP contribution < -0.4 is 20.5 Å². The lowest BCUT2D eigenvalue weighted by molar-refractivity contribution is 0.102. The van der Waals surface area contributed by atoms with Gasteiger partial charge in [0.25, 0.3) is 5.91 Å². The number of anilines is 2. The molecule has 98 valence electrons. The Labute approximate surface area is 109 Å². The molecular formula is C13H13N3O3. The molecule has 0 fully saturated rings. The molecule has 1 aliphatic rings. The first-order valence-electron chi connectivity index (χ1n) is 5.87. The van der Waals surface area contributed by atoms with Crippen LogP contribution in [0.5, 0.6) is 11.5 Å². The van der Waals surface area contributed by atoms with Crippen molar-refractivity contribution in [2.75, 3.05) is 24.3 Å². The number of hydrogen-bond donors (Lipinski definition) is 3. The summed E-state index contributed by atoms with van der Waals surface area (Å²) in [5, 5.41) is 2.76. The van der Waals surface area contributed by atoms with E-state index in [1.807, 2.05) is 0 Å². The number of hydrogen-bond acceptors (Lipinski definition) is 4. The maximum absolute atomic E-state index is 11.9. The predicted octanol–water partition coefficient (Wildman–Crippen LogP) is 1.62. The quantitative estimate of drug-likeness (QED) is 0.764. The second-order valence-corrected chi connectivity index (χ2v) is 4.16. The van der Waals surface area contributed by atoms with Gasteiger partial charge < -0.3 is 25.5 Å². The second kappa shape index (κ2) is 4.56.